The SMILES string of the molecule is O=C(NC[C@H](NC(=O)OCC1c2ccccc2-c2ccccc21)C(=O)O)OCC1c2ccccc2-c2ccccc21. The molecule has 0 unspecified atom stereocenters. The van der Waals surface area contributed by atoms with Crippen LogP contribution in [0.1, 0.15) is 34.1 Å². The minimum Gasteiger partial charge on any atom is -0.480 e. The highest BCUT2D eigenvalue weighted by Gasteiger charge is 2.31. The van der Waals surface area contributed by atoms with Gasteiger partial charge in [0.1, 0.15) is 19.3 Å². The van der Waals surface area contributed by atoms with Crippen molar-refractivity contribution in [1.29, 1.82) is 0 Å². The van der Waals surface area contributed by atoms with Gasteiger partial charge >= 0.3 is 18.2 Å². The molecule has 0 fully saturated rings. The molecule has 41 heavy (non-hydrogen) atoms. The van der Waals surface area contributed by atoms with E-state index in [2.05, 4.69) is 10.6 Å². The van der Waals surface area contributed by atoms with Crippen molar-refractivity contribution in [2.75, 3.05) is 19.8 Å². The monoisotopic (exact) mass is 548 g/mol. The molecule has 0 radical (unpaired) electrons. The van der Waals surface area contributed by atoms with Gasteiger partial charge in [-0.2, -0.15) is 0 Å². The van der Waals surface area contributed by atoms with Gasteiger partial charge in [-0.1, -0.05) is 97.1 Å². The van der Waals surface area contributed by atoms with E-state index in [1.54, 1.807) is 0 Å². The fraction of sp³-hybridized carbons (Fsp3) is 0.182. The van der Waals surface area contributed by atoms with Gasteiger partial charge in [-0.05, 0) is 44.5 Å². The van der Waals surface area contributed by atoms with E-state index >= 15 is 0 Å². The fourth-order valence-corrected chi connectivity index (χ4v) is 5.82. The van der Waals surface area contributed by atoms with Crippen LogP contribution in [0.2, 0.25) is 0 Å². The summed E-state index contributed by atoms with van der Waals surface area (Å²) in [5, 5.41) is 14.4. The molecule has 0 spiro atoms. The number of carbonyl (C=O) groups is 3. The number of nitrogens with one attached hydrogen (secondary N) is 2. The minimum atomic E-state index is -1.40. The molecule has 206 valence electrons. The first kappa shape index (κ1) is 26.1. The first-order valence-electron chi connectivity index (χ1n) is 13.4. The van der Waals surface area contributed by atoms with Gasteiger partial charge in [-0.25, -0.2) is 14.4 Å². The first-order chi connectivity index (χ1) is 20.0. The van der Waals surface area contributed by atoms with Gasteiger partial charge in [-0.3, -0.25) is 0 Å². The quantitative estimate of drug-likeness (QED) is 0.267. The summed E-state index contributed by atoms with van der Waals surface area (Å²) in [7, 11) is 0. The summed E-state index contributed by atoms with van der Waals surface area (Å²) in [6.07, 6.45) is -1.65. The van der Waals surface area contributed by atoms with Crippen molar-refractivity contribution in [1.82, 2.24) is 10.6 Å². The summed E-state index contributed by atoms with van der Waals surface area (Å²) in [4.78, 5) is 36.9. The third-order valence-corrected chi connectivity index (χ3v) is 7.73. The van der Waals surface area contributed by atoms with Crippen LogP contribution in [0.4, 0.5) is 9.59 Å². The Labute approximate surface area is 236 Å². The average Bonchev–Trinajstić information content (AvgIpc) is 3.49. The zero-order valence-electron chi connectivity index (χ0n) is 22.1. The zero-order valence-corrected chi connectivity index (χ0v) is 22.1. The highest BCUT2D eigenvalue weighted by atomic mass is 16.6. The van der Waals surface area contributed by atoms with Gasteiger partial charge in [0.25, 0.3) is 0 Å². The zero-order chi connectivity index (χ0) is 28.3. The second kappa shape index (κ2) is 11.2. The summed E-state index contributed by atoms with van der Waals surface area (Å²) in [5.41, 5.74) is 8.64. The van der Waals surface area contributed by atoms with Gasteiger partial charge in [0.05, 0.1) is 6.54 Å². The predicted molar refractivity (Wildman–Crippen MR) is 153 cm³/mol. The van der Waals surface area contributed by atoms with Crippen molar-refractivity contribution in [3.05, 3.63) is 119 Å². The van der Waals surface area contributed by atoms with Crippen LogP contribution in [0.25, 0.3) is 22.3 Å². The number of hydrogen-bond donors (Lipinski definition) is 3. The number of ether oxygens (including phenoxy) is 2. The number of benzene rings is 4. The van der Waals surface area contributed by atoms with Crippen LogP contribution in [-0.2, 0) is 14.3 Å². The largest absolute Gasteiger partial charge is 0.480 e. The van der Waals surface area contributed by atoms with E-state index in [1.165, 1.54) is 0 Å². The van der Waals surface area contributed by atoms with E-state index in [4.69, 9.17) is 9.47 Å². The normalized spacial score (nSPS) is 13.8. The highest BCUT2D eigenvalue weighted by molar-refractivity contribution is 5.82. The minimum absolute atomic E-state index is 0.0476. The average molecular weight is 549 g/mol. The van der Waals surface area contributed by atoms with Crippen molar-refractivity contribution in [2.24, 2.45) is 0 Å². The number of aliphatic carboxylic acids is 1. The summed E-state index contributed by atoms with van der Waals surface area (Å²) in [5.74, 6) is -1.59. The van der Waals surface area contributed by atoms with Crippen molar-refractivity contribution in [3.63, 3.8) is 0 Å². The number of amides is 2. The second-order valence-electron chi connectivity index (χ2n) is 10.1. The Kier molecular flexibility index (Phi) is 7.12. The topological polar surface area (TPSA) is 114 Å². The Morgan fingerprint density at radius 2 is 0.976 bits per heavy atom. The van der Waals surface area contributed by atoms with Crippen molar-refractivity contribution in [3.8, 4) is 22.3 Å². The van der Waals surface area contributed by atoms with Crippen LogP contribution < -0.4 is 10.6 Å². The van der Waals surface area contributed by atoms with Crippen molar-refractivity contribution >= 4 is 18.2 Å². The van der Waals surface area contributed by atoms with Crippen LogP contribution in [-0.4, -0.2) is 49.1 Å². The predicted octanol–water partition coefficient (Wildman–Crippen LogP) is 5.52. The third kappa shape index (κ3) is 5.12. The van der Waals surface area contributed by atoms with Crippen LogP contribution in [0, 0.1) is 0 Å². The Balaban J connectivity index is 1.02. The van der Waals surface area contributed by atoms with Crippen molar-refractivity contribution in [2.45, 2.75) is 17.9 Å². The molecule has 2 amide bonds. The Morgan fingerprint density at radius 3 is 1.37 bits per heavy atom. The maximum atomic E-state index is 12.6. The lowest BCUT2D eigenvalue weighted by Gasteiger charge is -2.18. The van der Waals surface area contributed by atoms with E-state index in [1.807, 2.05) is 97.1 Å². The van der Waals surface area contributed by atoms with E-state index in [9.17, 15) is 19.5 Å². The maximum absolute atomic E-state index is 12.6. The van der Waals surface area contributed by atoms with E-state index < -0.39 is 24.2 Å². The van der Waals surface area contributed by atoms with Gasteiger partial charge in [-0.15, -0.1) is 0 Å². The molecule has 2 aliphatic carbocycles. The van der Waals surface area contributed by atoms with Gasteiger partial charge < -0.3 is 25.2 Å². The Morgan fingerprint density at radius 1 is 0.610 bits per heavy atom. The molecule has 0 aliphatic heterocycles. The van der Waals surface area contributed by atoms with Crippen LogP contribution in [0.3, 0.4) is 0 Å². The highest BCUT2D eigenvalue weighted by Crippen LogP contribution is 2.45. The molecular weight excluding hydrogens is 520 g/mol. The molecule has 1 atom stereocenters. The summed E-state index contributed by atoms with van der Waals surface area (Å²) in [6.45, 7) is -0.223. The first-order valence-corrected chi connectivity index (χ1v) is 13.4. The van der Waals surface area contributed by atoms with E-state index in [-0.39, 0.29) is 31.6 Å². The van der Waals surface area contributed by atoms with Crippen LogP contribution >= 0.6 is 0 Å². The molecule has 0 bridgehead atoms. The Hall–Kier alpha value is -5.11. The molecule has 6 rings (SSSR count). The van der Waals surface area contributed by atoms with Crippen LogP contribution in [0.5, 0.6) is 0 Å². The molecule has 4 aromatic rings. The number of carbonyl (C=O) groups excluding carboxylic acids is 2. The fourth-order valence-electron chi connectivity index (χ4n) is 5.82. The molecule has 3 N–H and O–H groups in total. The number of fused-ring (bicyclic) bond motifs is 6. The molecule has 0 heterocycles. The Bertz CT molecular complexity index is 1540. The maximum Gasteiger partial charge on any atom is 0.407 e. The number of rotatable bonds is 8. The summed E-state index contributed by atoms with van der Waals surface area (Å²) in [6, 6.07) is 30.4. The lowest BCUT2D eigenvalue weighted by molar-refractivity contribution is -0.139. The molecule has 8 nitrogen and oxygen atoms in total. The molecule has 8 heteroatoms. The van der Waals surface area contributed by atoms with E-state index in [0.29, 0.717) is 0 Å². The third-order valence-electron chi connectivity index (χ3n) is 7.73. The molecular formula is C33H28N2O6. The summed E-state index contributed by atoms with van der Waals surface area (Å²) >= 11 is 0. The number of carboxylic acids is 1. The molecule has 0 saturated carbocycles. The molecule has 0 aromatic heterocycles. The second-order valence-corrected chi connectivity index (χ2v) is 10.1. The molecule has 0 saturated heterocycles. The number of carboxylic acid groups (broad SMARTS) is 1. The lowest BCUT2D eigenvalue weighted by Crippen LogP contribution is -2.48. The van der Waals surface area contributed by atoms with Gasteiger partial charge in [0.2, 0.25) is 0 Å². The summed E-state index contributed by atoms with van der Waals surface area (Å²) < 4.78 is 10.9. The van der Waals surface area contributed by atoms with Crippen molar-refractivity contribution < 1.29 is 29.0 Å². The standard InChI is InChI=1S/C33H28N2O6/c36-31(37)30(35-33(39)41-19-29-26-15-7-3-11-22(26)23-12-4-8-16-27(23)29)17-34-32(38)40-18-28-24-13-5-1-9-20(24)21-10-2-6-14-25(21)28/h1-16,28-30H,17-19H2,(H,34,38)(H,35,39)(H,36,37)/t30-/m0/s1. The molecule has 4 aromatic carbocycles. The smallest absolute Gasteiger partial charge is 0.407 e. The number of hydrogen-bond acceptors (Lipinski definition) is 5. The van der Waals surface area contributed by atoms with E-state index in [0.717, 1.165) is 44.5 Å². The number of alkyl carbamates (subject to hydrolysis) is 2. The molecule has 2 aliphatic rings. The lowest BCUT2D eigenvalue weighted by atomic mass is 9.98. The van der Waals surface area contributed by atoms with Crippen LogP contribution in [0.15, 0.2) is 97.1 Å². The van der Waals surface area contributed by atoms with Gasteiger partial charge in [0, 0.05) is 11.8 Å². The van der Waals surface area contributed by atoms with Gasteiger partial charge in [0.15, 0.2) is 0 Å².